The van der Waals surface area contributed by atoms with Crippen molar-refractivity contribution >= 4 is 16.9 Å². The van der Waals surface area contributed by atoms with E-state index in [2.05, 4.69) is 20.2 Å². The van der Waals surface area contributed by atoms with E-state index < -0.39 is 0 Å². The van der Waals surface area contributed by atoms with Crippen molar-refractivity contribution in [3.63, 3.8) is 0 Å². The van der Waals surface area contributed by atoms with Crippen LogP contribution in [0, 0.1) is 0 Å². The number of phenols is 1. The van der Waals surface area contributed by atoms with Gasteiger partial charge in [0.25, 0.3) is 0 Å². The van der Waals surface area contributed by atoms with Gasteiger partial charge in [-0.1, -0.05) is 0 Å². The number of methoxy groups -OCH3 is 1. The van der Waals surface area contributed by atoms with E-state index in [9.17, 15) is 5.11 Å². The van der Waals surface area contributed by atoms with Crippen LogP contribution in [-0.2, 0) is 0 Å². The lowest BCUT2D eigenvalue weighted by Crippen LogP contribution is -1.92. The number of nitrogens with zero attached hydrogens (tertiary/aromatic N) is 3. The van der Waals surface area contributed by atoms with E-state index in [-0.39, 0.29) is 5.75 Å². The first-order valence-corrected chi connectivity index (χ1v) is 7.59. The quantitative estimate of drug-likeness (QED) is 0.531. The molecule has 4 rings (SSSR count). The summed E-state index contributed by atoms with van der Waals surface area (Å²) in [5, 5.41) is 17.7. The Bertz CT molecular complexity index is 1060. The van der Waals surface area contributed by atoms with Gasteiger partial charge in [-0.05, 0) is 41.5 Å². The molecule has 0 radical (unpaired) electrons. The van der Waals surface area contributed by atoms with Gasteiger partial charge in [0.1, 0.15) is 17.3 Å². The van der Waals surface area contributed by atoms with Crippen molar-refractivity contribution < 1.29 is 9.84 Å². The van der Waals surface area contributed by atoms with Crippen molar-refractivity contribution in [2.75, 3.05) is 12.8 Å². The molecule has 7 heteroatoms. The van der Waals surface area contributed by atoms with Crippen LogP contribution in [0.4, 0.5) is 5.82 Å². The molecule has 0 aliphatic rings. The molecule has 4 aromatic rings. The summed E-state index contributed by atoms with van der Waals surface area (Å²) in [5.74, 6) is 1.07. The molecule has 0 unspecified atom stereocenters. The number of ether oxygens (including phenoxy) is 1. The highest BCUT2D eigenvalue weighted by atomic mass is 16.5. The van der Waals surface area contributed by atoms with Crippen LogP contribution in [0.3, 0.4) is 0 Å². The van der Waals surface area contributed by atoms with E-state index in [4.69, 9.17) is 10.5 Å². The number of nitrogens with one attached hydrogen (secondary N) is 1. The Morgan fingerprint density at radius 3 is 2.64 bits per heavy atom. The zero-order valence-corrected chi connectivity index (χ0v) is 13.4. The highest BCUT2D eigenvalue weighted by Crippen LogP contribution is 2.37. The lowest BCUT2D eigenvalue weighted by Gasteiger charge is -2.10. The smallest absolute Gasteiger partial charge is 0.184 e. The van der Waals surface area contributed by atoms with Crippen LogP contribution in [0.5, 0.6) is 11.5 Å². The van der Waals surface area contributed by atoms with Gasteiger partial charge < -0.3 is 15.6 Å². The van der Waals surface area contributed by atoms with Crippen LogP contribution >= 0.6 is 0 Å². The molecule has 3 aromatic heterocycles. The summed E-state index contributed by atoms with van der Waals surface area (Å²) in [6, 6.07) is 10.7. The van der Waals surface area contributed by atoms with Crippen molar-refractivity contribution in [1.29, 1.82) is 0 Å². The average Bonchev–Trinajstić information content (AvgIpc) is 3.02. The maximum atomic E-state index is 10.0. The zero-order chi connectivity index (χ0) is 17.4. The molecule has 3 heterocycles. The maximum absolute atomic E-state index is 10.0. The number of aromatic nitrogens is 4. The van der Waals surface area contributed by atoms with Gasteiger partial charge >= 0.3 is 0 Å². The summed E-state index contributed by atoms with van der Waals surface area (Å²) in [6.07, 6.45) is 3.41. The molecule has 0 spiro atoms. The third kappa shape index (κ3) is 2.61. The minimum absolute atomic E-state index is 0.104. The highest BCUT2D eigenvalue weighted by molar-refractivity contribution is 6.01. The molecule has 124 valence electrons. The van der Waals surface area contributed by atoms with Gasteiger partial charge in [-0.2, -0.15) is 5.10 Å². The zero-order valence-electron chi connectivity index (χ0n) is 13.4. The maximum Gasteiger partial charge on any atom is 0.184 e. The molecule has 4 N–H and O–H groups in total. The number of nitrogens with two attached hydrogens (primary N) is 1. The largest absolute Gasteiger partial charge is 0.508 e. The summed E-state index contributed by atoms with van der Waals surface area (Å²) in [4.78, 5) is 8.61. The minimum atomic E-state index is 0.104. The molecule has 7 nitrogen and oxygen atoms in total. The molecule has 0 bridgehead atoms. The van der Waals surface area contributed by atoms with Crippen LogP contribution in [0.2, 0.25) is 0 Å². The Morgan fingerprint density at radius 1 is 1.08 bits per heavy atom. The van der Waals surface area contributed by atoms with Crippen molar-refractivity contribution in [1.82, 2.24) is 20.2 Å². The van der Waals surface area contributed by atoms with Gasteiger partial charge in [0.15, 0.2) is 5.65 Å². The van der Waals surface area contributed by atoms with Crippen molar-refractivity contribution in [2.24, 2.45) is 0 Å². The second kappa shape index (κ2) is 5.79. The van der Waals surface area contributed by atoms with Crippen LogP contribution in [0.25, 0.3) is 33.4 Å². The number of hydrogen-bond donors (Lipinski definition) is 3. The molecule has 1 aromatic carbocycles. The van der Waals surface area contributed by atoms with Gasteiger partial charge in [-0.3, -0.25) is 10.1 Å². The predicted octanol–water partition coefficient (Wildman–Crippen LogP) is 2.98. The number of pyridine rings is 2. The fraction of sp³-hybridized carbons (Fsp3) is 0.0556. The van der Waals surface area contributed by atoms with E-state index in [1.165, 1.54) is 0 Å². The van der Waals surface area contributed by atoms with Gasteiger partial charge in [0.2, 0.25) is 0 Å². The first-order valence-electron chi connectivity index (χ1n) is 7.59. The number of aromatic amines is 1. The monoisotopic (exact) mass is 333 g/mol. The summed E-state index contributed by atoms with van der Waals surface area (Å²) in [5.41, 5.74) is 9.76. The lowest BCUT2D eigenvalue weighted by molar-refractivity contribution is 0.408. The van der Waals surface area contributed by atoms with E-state index in [1.807, 2.05) is 24.3 Å². The fourth-order valence-corrected chi connectivity index (χ4v) is 2.80. The molecule has 25 heavy (non-hydrogen) atoms. The number of anilines is 1. The molecule has 0 amide bonds. The van der Waals surface area contributed by atoms with Crippen LogP contribution in [-0.4, -0.2) is 32.4 Å². The Balaban J connectivity index is 2.02. The molecule has 0 saturated heterocycles. The molecule has 0 aliphatic heterocycles. The molecule has 0 saturated carbocycles. The predicted molar refractivity (Wildman–Crippen MR) is 95.2 cm³/mol. The topological polar surface area (TPSA) is 110 Å². The molecule has 0 aliphatic carbocycles. The number of H-pyrrole nitrogens is 1. The van der Waals surface area contributed by atoms with Crippen LogP contribution < -0.4 is 10.5 Å². The molecular weight excluding hydrogens is 318 g/mol. The average molecular weight is 333 g/mol. The Morgan fingerprint density at radius 2 is 1.88 bits per heavy atom. The number of rotatable bonds is 3. The highest BCUT2D eigenvalue weighted by Gasteiger charge is 2.15. The molecular formula is C18H15N5O2. The Hall–Kier alpha value is -3.61. The number of nitrogen functional groups attached to an aromatic ring is 1. The van der Waals surface area contributed by atoms with Gasteiger partial charge in [0, 0.05) is 24.0 Å². The Kier molecular flexibility index (Phi) is 3.46. The number of benzene rings is 1. The summed E-state index contributed by atoms with van der Waals surface area (Å²) in [7, 11) is 1.55. The van der Waals surface area contributed by atoms with E-state index >= 15 is 0 Å². The van der Waals surface area contributed by atoms with E-state index in [0.29, 0.717) is 22.6 Å². The molecule has 0 atom stereocenters. The molecule has 0 fully saturated rings. The number of aromatic hydroxyl groups is 1. The van der Waals surface area contributed by atoms with Gasteiger partial charge in [0.05, 0.1) is 18.2 Å². The normalized spacial score (nSPS) is 10.9. The fourth-order valence-electron chi connectivity index (χ4n) is 2.80. The first-order chi connectivity index (χ1) is 12.2. The first kappa shape index (κ1) is 14.9. The van der Waals surface area contributed by atoms with Crippen molar-refractivity contribution in [2.45, 2.75) is 0 Å². The minimum Gasteiger partial charge on any atom is -0.508 e. The van der Waals surface area contributed by atoms with E-state index in [1.54, 1.807) is 31.6 Å². The van der Waals surface area contributed by atoms with Crippen molar-refractivity contribution in [3.8, 4) is 33.9 Å². The van der Waals surface area contributed by atoms with E-state index in [0.717, 1.165) is 22.4 Å². The second-order valence-electron chi connectivity index (χ2n) is 5.55. The summed E-state index contributed by atoms with van der Waals surface area (Å²) < 4.78 is 5.26. The number of phenolic OH excluding ortho intramolecular Hbond substituents is 1. The summed E-state index contributed by atoms with van der Waals surface area (Å²) >= 11 is 0. The number of fused-ring (bicyclic) bond motifs is 1. The van der Waals surface area contributed by atoms with Crippen LogP contribution in [0.1, 0.15) is 0 Å². The lowest BCUT2D eigenvalue weighted by atomic mass is 10.00. The Labute approximate surface area is 143 Å². The van der Waals surface area contributed by atoms with Crippen LogP contribution in [0.15, 0.2) is 48.8 Å². The third-order valence-electron chi connectivity index (χ3n) is 3.97. The summed E-state index contributed by atoms with van der Waals surface area (Å²) in [6.45, 7) is 0. The standard InChI is InChI=1S/C18H15N5O2/c1-25-13-7-11(6-12(24)8-13)14-9-15(10-2-4-20-5-3-10)21-18-16(14)17(19)22-23-18/h2-9,24H,1H3,(H3,19,21,22,23). The SMILES string of the molecule is COc1cc(O)cc(-c2cc(-c3ccncc3)nc3n[nH]c(N)c23)c1. The number of hydrogen-bond acceptors (Lipinski definition) is 6. The second-order valence-corrected chi connectivity index (χ2v) is 5.55. The van der Waals surface area contributed by atoms with Gasteiger partial charge in [-0.25, -0.2) is 4.98 Å². The van der Waals surface area contributed by atoms with Gasteiger partial charge in [-0.15, -0.1) is 0 Å². The third-order valence-corrected chi connectivity index (χ3v) is 3.97. The van der Waals surface area contributed by atoms with Crippen molar-refractivity contribution in [3.05, 3.63) is 48.8 Å².